The molecule has 4 rings (SSSR count). The first-order chi connectivity index (χ1) is 16.3. The van der Waals surface area contributed by atoms with Crippen molar-refractivity contribution < 1.29 is 27.9 Å². The van der Waals surface area contributed by atoms with Crippen LogP contribution in [0.3, 0.4) is 0 Å². The van der Waals surface area contributed by atoms with E-state index >= 15 is 0 Å². The zero-order valence-electron chi connectivity index (χ0n) is 24.4. The summed E-state index contributed by atoms with van der Waals surface area (Å²) in [6.45, 7) is 25.0. The highest BCUT2D eigenvalue weighted by molar-refractivity contribution is 6.71. The minimum Gasteiger partial charge on any atom is -0.403 e. The molecule has 3 aliphatic heterocycles. The molecule has 0 saturated carbocycles. The van der Waals surface area contributed by atoms with Gasteiger partial charge in [-0.05, 0) is 101 Å². The van der Waals surface area contributed by atoms with E-state index in [0.717, 1.165) is 0 Å². The van der Waals surface area contributed by atoms with Crippen LogP contribution in [0.15, 0.2) is 30.3 Å². The lowest BCUT2D eigenvalue weighted by atomic mass is 9.39. The maximum atomic E-state index is 6.66. The van der Waals surface area contributed by atoms with Crippen LogP contribution < -0.4 is 0 Å². The summed E-state index contributed by atoms with van der Waals surface area (Å²) >= 11 is 0. The van der Waals surface area contributed by atoms with E-state index in [4.69, 9.17) is 27.9 Å². The molecule has 0 spiro atoms. The third kappa shape index (κ3) is 4.85. The van der Waals surface area contributed by atoms with Crippen molar-refractivity contribution in [1.82, 2.24) is 0 Å². The van der Waals surface area contributed by atoms with Gasteiger partial charge < -0.3 is 27.9 Å². The van der Waals surface area contributed by atoms with Gasteiger partial charge in [0.15, 0.2) is 0 Å². The van der Waals surface area contributed by atoms with Crippen LogP contribution in [0.4, 0.5) is 0 Å². The molecule has 6 nitrogen and oxygen atoms in total. The highest BCUT2D eigenvalue weighted by Crippen LogP contribution is 2.53. The Morgan fingerprint density at radius 1 is 0.500 bits per heavy atom. The van der Waals surface area contributed by atoms with E-state index in [9.17, 15) is 0 Å². The lowest BCUT2D eigenvalue weighted by Gasteiger charge is -2.32. The van der Waals surface area contributed by atoms with Crippen LogP contribution in [0.1, 0.15) is 88.6 Å². The monoisotopic (exact) mass is 498 g/mol. The second-order valence-electron chi connectivity index (χ2n) is 13.8. The largest absolute Gasteiger partial charge is 0.460 e. The summed E-state index contributed by atoms with van der Waals surface area (Å²) in [5, 5.41) is 0. The molecular formula is C27H45B3O6. The average molecular weight is 498 g/mol. The molecule has 198 valence electrons. The molecule has 1 atom stereocenters. The maximum Gasteiger partial charge on any atom is 0.460 e. The summed E-state index contributed by atoms with van der Waals surface area (Å²) in [6, 6.07) is 10.4. The molecule has 9 heteroatoms. The van der Waals surface area contributed by atoms with Gasteiger partial charge in [0.1, 0.15) is 0 Å². The van der Waals surface area contributed by atoms with Crippen LogP contribution in [0, 0.1) is 0 Å². The summed E-state index contributed by atoms with van der Waals surface area (Å²) in [4.78, 5) is 0. The van der Waals surface area contributed by atoms with Gasteiger partial charge in [0.25, 0.3) is 0 Å². The van der Waals surface area contributed by atoms with Gasteiger partial charge in [-0.1, -0.05) is 30.3 Å². The van der Waals surface area contributed by atoms with Gasteiger partial charge in [0, 0.05) is 5.72 Å². The second-order valence-corrected chi connectivity index (χ2v) is 13.8. The quantitative estimate of drug-likeness (QED) is 0.464. The Morgan fingerprint density at radius 3 is 1.14 bits per heavy atom. The van der Waals surface area contributed by atoms with E-state index < -0.39 is 55.0 Å². The molecule has 0 amide bonds. The average Bonchev–Trinajstić information content (AvgIpc) is 3.16. The predicted octanol–water partition coefficient (Wildman–Crippen LogP) is 5.79. The van der Waals surface area contributed by atoms with E-state index in [-0.39, 0.29) is 11.5 Å². The Bertz CT molecular complexity index is 862. The normalized spacial score (nSPS) is 28.2. The van der Waals surface area contributed by atoms with Gasteiger partial charge in [-0.25, -0.2) is 0 Å². The Kier molecular flexibility index (Phi) is 6.93. The van der Waals surface area contributed by atoms with Gasteiger partial charge in [0.2, 0.25) is 0 Å². The minimum atomic E-state index is -0.558. The predicted molar refractivity (Wildman–Crippen MR) is 146 cm³/mol. The topological polar surface area (TPSA) is 55.4 Å². The number of hydrogen-bond acceptors (Lipinski definition) is 6. The van der Waals surface area contributed by atoms with E-state index in [1.165, 1.54) is 5.56 Å². The molecule has 0 radical (unpaired) electrons. The second kappa shape index (κ2) is 8.85. The summed E-state index contributed by atoms with van der Waals surface area (Å²) in [5.74, 6) is -0.155. The zero-order valence-corrected chi connectivity index (χ0v) is 24.4. The van der Waals surface area contributed by atoms with Crippen molar-refractivity contribution in [2.24, 2.45) is 0 Å². The van der Waals surface area contributed by atoms with Crippen molar-refractivity contribution in [3.8, 4) is 0 Å². The fourth-order valence-electron chi connectivity index (χ4n) is 4.99. The lowest BCUT2D eigenvalue weighted by molar-refractivity contribution is 0.00578. The van der Waals surface area contributed by atoms with Gasteiger partial charge in [0.05, 0.1) is 33.6 Å². The molecule has 3 aliphatic rings. The summed E-state index contributed by atoms with van der Waals surface area (Å²) in [7, 11) is -1.60. The van der Waals surface area contributed by atoms with E-state index in [2.05, 4.69) is 107 Å². The van der Waals surface area contributed by atoms with Crippen molar-refractivity contribution in [2.75, 3.05) is 0 Å². The fourth-order valence-corrected chi connectivity index (χ4v) is 4.99. The Labute approximate surface area is 219 Å². The van der Waals surface area contributed by atoms with E-state index in [1.807, 2.05) is 6.07 Å². The van der Waals surface area contributed by atoms with Crippen LogP contribution in [-0.4, -0.2) is 55.0 Å². The van der Waals surface area contributed by atoms with E-state index in [0.29, 0.717) is 6.42 Å². The van der Waals surface area contributed by atoms with E-state index in [1.54, 1.807) is 0 Å². The summed E-state index contributed by atoms with van der Waals surface area (Å²) in [6.07, 6.45) is 0.705. The van der Waals surface area contributed by atoms with Crippen LogP contribution in [0.2, 0.25) is 11.5 Å². The molecule has 0 N–H and O–H groups in total. The number of rotatable bonds is 6. The van der Waals surface area contributed by atoms with Crippen molar-refractivity contribution in [2.45, 2.75) is 135 Å². The van der Waals surface area contributed by atoms with Crippen LogP contribution in [0.5, 0.6) is 0 Å². The highest BCUT2D eigenvalue weighted by Gasteiger charge is 2.66. The van der Waals surface area contributed by atoms with Crippen LogP contribution in [-0.2, 0) is 34.3 Å². The van der Waals surface area contributed by atoms with Crippen LogP contribution in [0.25, 0.3) is 0 Å². The smallest absolute Gasteiger partial charge is 0.403 e. The third-order valence-corrected chi connectivity index (χ3v) is 9.60. The summed E-state index contributed by atoms with van der Waals surface area (Å²) < 4.78 is 40.0. The molecule has 3 heterocycles. The SMILES string of the molecule is CC1(C)OB(C(B2OC(C)(C)C(C)(C)O2)[C@H](Cc2ccccc2)B2OC(C)(C)C(C)(C)O2)OC1(C)C. The van der Waals surface area contributed by atoms with Crippen molar-refractivity contribution in [3.05, 3.63) is 35.9 Å². The van der Waals surface area contributed by atoms with Gasteiger partial charge in [-0.3, -0.25) is 0 Å². The van der Waals surface area contributed by atoms with Gasteiger partial charge in [-0.15, -0.1) is 0 Å². The molecule has 3 saturated heterocycles. The molecule has 0 bridgehead atoms. The summed E-state index contributed by atoms with van der Waals surface area (Å²) in [5.41, 5.74) is -2.03. The Balaban J connectivity index is 1.79. The molecule has 3 fully saturated rings. The molecule has 36 heavy (non-hydrogen) atoms. The first-order valence-corrected chi connectivity index (χ1v) is 13.4. The molecular weight excluding hydrogens is 453 g/mol. The number of hydrogen-bond donors (Lipinski definition) is 0. The molecule has 1 aromatic rings. The maximum absolute atomic E-state index is 6.66. The highest BCUT2D eigenvalue weighted by atomic mass is 16.7. The number of benzene rings is 1. The molecule has 0 aliphatic carbocycles. The van der Waals surface area contributed by atoms with Crippen LogP contribution >= 0.6 is 0 Å². The fraction of sp³-hybridized carbons (Fsp3) is 0.778. The van der Waals surface area contributed by atoms with Gasteiger partial charge >= 0.3 is 21.4 Å². The van der Waals surface area contributed by atoms with Crippen molar-refractivity contribution in [1.29, 1.82) is 0 Å². The van der Waals surface area contributed by atoms with Crippen molar-refractivity contribution in [3.63, 3.8) is 0 Å². The lowest BCUT2D eigenvalue weighted by Crippen LogP contribution is -2.46. The standard InChI is InChI=1S/C27H45B3O6/c1-22(2)23(3,4)32-28(31-22)20(18-19-16-14-13-15-17-19)21(29-33-24(5,6)25(7,8)34-29)30-35-26(9,10)27(11,12)36-30/h13-17,20-21H,18H2,1-12H3/t20-/m0/s1. The Morgan fingerprint density at radius 2 is 0.806 bits per heavy atom. The Hall–Kier alpha value is -0.825. The molecule has 1 aromatic carbocycles. The molecule has 0 aromatic heterocycles. The van der Waals surface area contributed by atoms with Crippen molar-refractivity contribution >= 4 is 21.4 Å². The third-order valence-electron chi connectivity index (χ3n) is 9.60. The van der Waals surface area contributed by atoms with Gasteiger partial charge in [-0.2, -0.15) is 0 Å². The minimum absolute atomic E-state index is 0.155. The molecule has 0 unspecified atom stereocenters. The first kappa shape index (κ1) is 28.2. The first-order valence-electron chi connectivity index (χ1n) is 13.4. The zero-order chi connectivity index (χ0) is 26.9.